The van der Waals surface area contributed by atoms with Crippen LogP contribution in [0.2, 0.25) is 0 Å². The van der Waals surface area contributed by atoms with Crippen molar-refractivity contribution in [1.82, 2.24) is 0 Å². The standard InChI is InChI=1S/C79H154O17P2/c1-7-9-11-13-15-17-18-19-20-21-22-23-24-27-31-34-38-45-51-57-63-78(83)95-74(68-90-77(82)62-56-50-44-37-33-30-28-25-26-29-32-36-41-47-53-59-71(3)4)69-93-97(85,86)91-65-73(80)66-92-98(87,88)94-70-75(67-89-76(81)61-55-49-43-35-16-14-12-10-8-2)96-79(84)64-58-52-46-40-39-42-48-54-60-72(5)6/h71-75,80H,7-70H2,1-6H3,(H,85,86)(H,87,88)/t73-,74-,75-/m1/s1. The topological polar surface area (TPSA) is 237 Å². The molecule has 0 aliphatic rings. The molecule has 0 radical (unpaired) electrons. The first-order valence-electron chi connectivity index (χ1n) is 41.0. The molecular weight excluding hydrogens is 1280 g/mol. The molecule has 0 aromatic heterocycles. The Morgan fingerprint density at radius 2 is 0.469 bits per heavy atom. The lowest BCUT2D eigenvalue weighted by Gasteiger charge is -2.21. The predicted octanol–water partition coefficient (Wildman–Crippen LogP) is 23.5. The zero-order valence-electron chi connectivity index (χ0n) is 64.1. The molecule has 0 aliphatic carbocycles. The number of unbranched alkanes of at least 4 members (excludes halogenated alkanes) is 48. The van der Waals surface area contributed by atoms with E-state index in [0.717, 1.165) is 102 Å². The molecule has 2 unspecified atom stereocenters. The monoisotopic (exact) mass is 1440 g/mol. The molecule has 582 valence electrons. The summed E-state index contributed by atoms with van der Waals surface area (Å²) in [6, 6.07) is 0. The number of ether oxygens (including phenoxy) is 4. The van der Waals surface area contributed by atoms with Crippen molar-refractivity contribution in [1.29, 1.82) is 0 Å². The van der Waals surface area contributed by atoms with Gasteiger partial charge in [0.15, 0.2) is 12.2 Å². The highest BCUT2D eigenvalue weighted by molar-refractivity contribution is 7.47. The number of rotatable bonds is 78. The molecule has 0 saturated carbocycles. The van der Waals surface area contributed by atoms with Gasteiger partial charge in [0.1, 0.15) is 19.3 Å². The van der Waals surface area contributed by atoms with Gasteiger partial charge in [0, 0.05) is 25.7 Å². The number of hydrogen-bond acceptors (Lipinski definition) is 15. The first kappa shape index (κ1) is 96.1. The largest absolute Gasteiger partial charge is 0.472 e. The Labute approximate surface area is 600 Å². The fraction of sp³-hybridized carbons (Fsp3) is 0.949. The Hall–Kier alpha value is -1.94. The Morgan fingerprint density at radius 3 is 0.694 bits per heavy atom. The summed E-state index contributed by atoms with van der Waals surface area (Å²) in [5.41, 5.74) is 0. The number of carbonyl (C=O) groups is 4. The minimum atomic E-state index is -4.96. The molecule has 0 rings (SSSR count). The van der Waals surface area contributed by atoms with Crippen LogP contribution in [0.3, 0.4) is 0 Å². The van der Waals surface area contributed by atoms with Gasteiger partial charge in [-0.2, -0.15) is 0 Å². The van der Waals surface area contributed by atoms with E-state index in [0.29, 0.717) is 25.7 Å². The molecule has 0 bridgehead atoms. The zero-order valence-corrected chi connectivity index (χ0v) is 65.9. The molecular formula is C79H154O17P2. The molecule has 0 saturated heterocycles. The molecule has 17 nitrogen and oxygen atoms in total. The van der Waals surface area contributed by atoms with E-state index in [-0.39, 0.29) is 25.7 Å². The van der Waals surface area contributed by atoms with E-state index < -0.39 is 97.5 Å². The van der Waals surface area contributed by atoms with Gasteiger partial charge < -0.3 is 33.8 Å². The van der Waals surface area contributed by atoms with Crippen LogP contribution in [0.1, 0.15) is 414 Å². The highest BCUT2D eigenvalue weighted by atomic mass is 31.2. The third kappa shape index (κ3) is 72.4. The lowest BCUT2D eigenvalue weighted by Crippen LogP contribution is -2.30. The average molecular weight is 1440 g/mol. The summed E-state index contributed by atoms with van der Waals surface area (Å²) >= 11 is 0. The third-order valence-corrected chi connectivity index (χ3v) is 20.4. The summed E-state index contributed by atoms with van der Waals surface area (Å²) in [5.74, 6) is -0.590. The summed E-state index contributed by atoms with van der Waals surface area (Å²) in [6.45, 7) is 9.59. The van der Waals surface area contributed by atoms with Crippen molar-refractivity contribution in [2.24, 2.45) is 11.8 Å². The summed E-state index contributed by atoms with van der Waals surface area (Å²) in [4.78, 5) is 72.8. The second-order valence-corrected chi connectivity index (χ2v) is 32.3. The van der Waals surface area contributed by atoms with E-state index in [2.05, 4.69) is 41.5 Å². The van der Waals surface area contributed by atoms with Gasteiger partial charge in [-0.1, -0.05) is 363 Å². The Morgan fingerprint density at radius 1 is 0.276 bits per heavy atom. The lowest BCUT2D eigenvalue weighted by atomic mass is 10.0. The molecule has 98 heavy (non-hydrogen) atoms. The molecule has 0 heterocycles. The van der Waals surface area contributed by atoms with E-state index in [1.165, 1.54) is 231 Å². The number of aliphatic hydroxyl groups is 1. The van der Waals surface area contributed by atoms with Gasteiger partial charge in [-0.25, -0.2) is 9.13 Å². The fourth-order valence-electron chi connectivity index (χ4n) is 12.2. The maximum atomic E-state index is 13.1. The van der Waals surface area contributed by atoms with Crippen molar-refractivity contribution in [2.45, 2.75) is 432 Å². The zero-order chi connectivity index (χ0) is 72.1. The first-order valence-corrected chi connectivity index (χ1v) is 44.0. The smallest absolute Gasteiger partial charge is 0.462 e. The predicted molar refractivity (Wildman–Crippen MR) is 400 cm³/mol. The van der Waals surface area contributed by atoms with Gasteiger partial charge in [-0.3, -0.25) is 37.3 Å². The lowest BCUT2D eigenvalue weighted by molar-refractivity contribution is -0.161. The average Bonchev–Trinajstić information content (AvgIpc) is 1.16. The maximum absolute atomic E-state index is 13.1. The van der Waals surface area contributed by atoms with Crippen LogP contribution in [-0.2, 0) is 65.4 Å². The van der Waals surface area contributed by atoms with Crippen molar-refractivity contribution >= 4 is 39.5 Å². The Balaban J connectivity index is 5.20. The van der Waals surface area contributed by atoms with Crippen molar-refractivity contribution in [3.63, 3.8) is 0 Å². The molecule has 5 atom stereocenters. The quantitative estimate of drug-likeness (QED) is 0.0222. The van der Waals surface area contributed by atoms with Gasteiger partial charge in [0.25, 0.3) is 0 Å². The highest BCUT2D eigenvalue weighted by Gasteiger charge is 2.30. The molecule has 19 heteroatoms. The van der Waals surface area contributed by atoms with E-state index in [1.807, 2.05) is 0 Å². The van der Waals surface area contributed by atoms with Gasteiger partial charge in [0.05, 0.1) is 26.4 Å². The molecule has 3 N–H and O–H groups in total. The second-order valence-electron chi connectivity index (χ2n) is 29.4. The van der Waals surface area contributed by atoms with Crippen molar-refractivity contribution < 1.29 is 80.2 Å². The van der Waals surface area contributed by atoms with Crippen LogP contribution in [0.5, 0.6) is 0 Å². The first-order chi connectivity index (χ1) is 47.4. The van der Waals surface area contributed by atoms with Crippen LogP contribution in [0.4, 0.5) is 0 Å². The van der Waals surface area contributed by atoms with Gasteiger partial charge in [-0.15, -0.1) is 0 Å². The number of aliphatic hydroxyl groups excluding tert-OH is 1. The SMILES string of the molecule is CCCCCCCCCCCCCCCCCCCCCCC(=O)O[C@H](COC(=O)CCCCCCCCCCCCCCCCCC(C)C)COP(=O)(O)OC[C@@H](O)COP(=O)(O)OC[C@@H](COC(=O)CCCCCCCCCCC)OC(=O)CCCCCCCCCCC(C)C. The van der Waals surface area contributed by atoms with Gasteiger partial charge >= 0.3 is 39.5 Å². The molecule has 0 aromatic rings. The maximum Gasteiger partial charge on any atom is 0.472 e. The molecule has 0 aromatic carbocycles. The summed E-state index contributed by atoms with van der Waals surface area (Å²) in [6.07, 6.45) is 59.8. The molecule has 0 spiro atoms. The highest BCUT2D eigenvalue weighted by Crippen LogP contribution is 2.45. The van der Waals surface area contributed by atoms with E-state index >= 15 is 0 Å². The molecule has 0 aliphatic heterocycles. The van der Waals surface area contributed by atoms with Crippen molar-refractivity contribution in [2.75, 3.05) is 39.6 Å². The normalized spacial score (nSPS) is 13.9. The number of carbonyl (C=O) groups excluding carboxylic acids is 4. The third-order valence-electron chi connectivity index (χ3n) is 18.5. The number of phosphoric ester groups is 2. The van der Waals surface area contributed by atoms with Crippen LogP contribution in [-0.4, -0.2) is 96.7 Å². The molecule has 0 amide bonds. The number of hydrogen-bond donors (Lipinski definition) is 3. The molecule has 0 fully saturated rings. The van der Waals surface area contributed by atoms with E-state index in [4.69, 9.17) is 37.0 Å². The Kier molecular flexibility index (Phi) is 69.3. The van der Waals surface area contributed by atoms with Gasteiger partial charge in [0.2, 0.25) is 0 Å². The minimum absolute atomic E-state index is 0.105. The van der Waals surface area contributed by atoms with Gasteiger partial charge in [-0.05, 0) is 37.5 Å². The number of phosphoric acid groups is 2. The van der Waals surface area contributed by atoms with Crippen LogP contribution in [0.25, 0.3) is 0 Å². The second kappa shape index (κ2) is 70.7. The van der Waals surface area contributed by atoms with Crippen LogP contribution < -0.4 is 0 Å². The Bertz CT molecular complexity index is 1890. The number of esters is 4. The minimum Gasteiger partial charge on any atom is -0.462 e. The van der Waals surface area contributed by atoms with Crippen LogP contribution in [0.15, 0.2) is 0 Å². The summed E-state index contributed by atoms with van der Waals surface area (Å²) in [7, 11) is -9.91. The van der Waals surface area contributed by atoms with E-state index in [1.54, 1.807) is 0 Å². The fourth-order valence-corrected chi connectivity index (χ4v) is 13.8. The van der Waals surface area contributed by atoms with Crippen LogP contribution in [0, 0.1) is 11.8 Å². The van der Waals surface area contributed by atoms with Crippen molar-refractivity contribution in [3.05, 3.63) is 0 Å². The summed E-state index contributed by atoms with van der Waals surface area (Å²) in [5, 5.41) is 10.6. The van der Waals surface area contributed by atoms with E-state index in [9.17, 15) is 43.2 Å². The van der Waals surface area contributed by atoms with Crippen molar-refractivity contribution in [3.8, 4) is 0 Å². The summed E-state index contributed by atoms with van der Waals surface area (Å²) < 4.78 is 68.6. The van der Waals surface area contributed by atoms with Crippen LogP contribution >= 0.6 is 15.6 Å².